The normalized spacial score (nSPS) is 12.8. The molecule has 0 saturated carbocycles. The summed E-state index contributed by atoms with van der Waals surface area (Å²) in [6, 6.07) is 22.2. The highest BCUT2D eigenvalue weighted by atomic mass is 35.5. The molecule has 0 bridgehead atoms. The number of aromatic nitrogens is 2. The Morgan fingerprint density at radius 1 is 1.00 bits per heavy atom. The lowest BCUT2D eigenvalue weighted by molar-refractivity contribution is 0.590. The molecule has 0 N–H and O–H groups in total. The maximum atomic E-state index is 13.6. The minimum atomic E-state index is -0.0801. The maximum absolute atomic E-state index is 13.6. The molecule has 1 atom stereocenters. The Morgan fingerprint density at radius 2 is 1.68 bits per heavy atom. The second-order valence-corrected chi connectivity index (χ2v) is 11.2. The monoisotopic (exact) mass is 490 g/mol. The first-order valence-corrected chi connectivity index (χ1v) is 13.1. The van der Waals surface area contributed by atoms with Crippen molar-refractivity contribution in [3.05, 3.63) is 98.8 Å². The minimum Gasteiger partial charge on any atom is -0.268 e. The molecule has 3 aromatic carbocycles. The van der Waals surface area contributed by atoms with E-state index < -0.39 is 0 Å². The molecule has 5 heteroatoms. The number of halogens is 1. The predicted octanol–water partition coefficient (Wildman–Crippen LogP) is 8.14. The van der Waals surface area contributed by atoms with E-state index in [-0.39, 0.29) is 11.0 Å². The van der Waals surface area contributed by atoms with Crippen LogP contribution in [-0.2, 0) is 11.2 Å². The minimum absolute atomic E-state index is 0.0801. The Labute approximate surface area is 211 Å². The average Bonchev–Trinajstić information content (AvgIpc) is 2.82. The average molecular weight is 491 g/mol. The molecule has 3 nitrogen and oxygen atoms in total. The standard InChI is InChI=1S/C29H31ClN2OS/c1-6-19(2)21-9-14-24(15-10-21)32-27(33)25-16-13-23(30)17-26(25)31-28(32)34-18-20-7-11-22(12-8-20)29(3,4)5/h7-17,19H,6,18H2,1-5H3. The molecule has 0 aliphatic carbocycles. The quantitative estimate of drug-likeness (QED) is 0.202. The Hall–Kier alpha value is -2.56. The molecule has 0 fully saturated rings. The largest absolute Gasteiger partial charge is 0.268 e. The number of rotatable bonds is 6. The maximum Gasteiger partial charge on any atom is 0.266 e. The van der Waals surface area contributed by atoms with Crippen molar-refractivity contribution in [2.45, 2.75) is 63.3 Å². The molecule has 0 aliphatic heterocycles. The molecular weight excluding hydrogens is 460 g/mol. The molecule has 1 unspecified atom stereocenters. The van der Waals surface area contributed by atoms with E-state index >= 15 is 0 Å². The zero-order valence-electron chi connectivity index (χ0n) is 20.4. The van der Waals surface area contributed by atoms with Gasteiger partial charge in [0.15, 0.2) is 5.16 Å². The lowest BCUT2D eigenvalue weighted by Crippen LogP contribution is -2.21. The molecule has 0 saturated heterocycles. The second kappa shape index (κ2) is 9.97. The molecule has 4 rings (SSSR count). The Morgan fingerprint density at radius 3 is 2.29 bits per heavy atom. The van der Waals surface area contributed by atoms with Crippen molar-refractivity contribution >= 4 is 34.3 Å². The molecule has 0 amide bonds. The summed E-state index contributed by atoms with van der Waals surface area (Å²) in [6.45, 7) is 11.0. The zero-order valence-corrected chi connectivity index (χ0v) is 22.0. The topological polar surface area (TPSA) is 34.9 Å². The fraction of sp³-hybridized carbons (Fsp3) is 0.310. The molecule has 0 aliphatic rings. The first kappa shape index (κ1) is 24.6. The number of benzene rings is 3. The van der Waals surface area contributed by atoms with Gasteiger partial charge >= 0.3 is 0 Å². The fourth-order valence-corrected chi connectivity index (χ4v) is 5.03. The van der Waals surface area contributed by atoms with Crippen molar-refractivity contribution in [1.29, 1.82) is 0 Å². The van der Waals surface area contributed by atoms with Crippen molar-refractivity contribution in [2.24, 2.45) is 0 Å². The van der Waals surface area contributed by atoms with E-state index in [2.05, 4.69) is 71.0 Å². The summed E-state index contributed by atoms with van der Waals surface area (Å²) < 4.78 is 1.73. The Balaban J connectivity index is 1.74. The van der Waals surface area contributed by atoms with Crippen molar-refractivity contribution < 1.29 is 0 Å². The van der Waals surface area contributed by atoms with Gasteiger partial charge in [0.1, 0.15) is 0 Å². The fourth-order valence-electron chi connectivity index (χ4n) is 3.90. The Bertz CT molecular complexity index is 1350. The van der Waals surface area contributed by atoms with Gasteiger partial charge in [-0.15, -0.1) is 0 Å². The number of nitrogens with zero attached hydrogens (tertiary/aromatic N) is 2. The van der Waals surface area contributed by atoms with Crippen LogP contribution in [0, 0.1) is 0 Å². The summed E-state index contributed by atoms with van der Waals surface area (Å²) in [6.07, 6.45) is 1.08. The van der Waals surface area contributed by atoms with E-state index in [1.165, 1.54) is 16.7 Å². The van der Waals surface area contributed by atoms with Gasteiger partial charge < -0.3 is 0 Å². The molecule has 34 heavy (non-hydrogen) atoms. The van der Waals surface area contributed by atoms with E-state index in [1.807, 2.05) is 12.1 Å². The van der Waals surface area contributed by atoms with Crippen LogP contribution in [0.3, 0.4) is 0 Å². The van der Waals surface area contributed by atoms with Crippen molar-refractivity contribution in [3.8, 4) is 5.69 Å². The molecule has 176 valence electrons. The highest BCUT2D eigenvalue weighted by Crippen LogP contribution is 2.28. The second-order valence-electron chi connectivity index (χ2n) is 9.83. The van der Waals surface area contributed by atoms with Gasteiger partial charge in [0.05, 0.1) is 16.6 Å². The third-order valence-corrected chi connectivity index (χ3v) is 7.57. The molecular formula is C29H31ClN2OS. The molecule has 0 spiro atoms. The molecule has 0 radical (unpaired) electrons. The van der Waals surface area contributed by atoms with Crippen LogP contribution in [0.5, 0.6) is 0 Å². The summed E-state index contributed by atoms with van der Waals surface area (Å²) in [5, 5.41) is 1.80. The van der Waals surface area contributed by atoms with Gasteiger partial charge in [0.25, 0.3) is 5.56 Å². The molecule has 4 aromatic rings. The summed E-state index contributed by atoms with van der Waals surface area (Å²) in [7, 11) is 0. The van der Waals surface area contributed by atoms with Gasteiger partial charge in [-0.05, 0) is 64.8 Å². The lowest BCUT2D eigenvalue weighted by atomic mass is 9.87. The highest BCUT2D eigenvalue weighted by Gasteiger charge is 2.16. The molecule has 1 aromatic heterocycles. The van der Waals surface area contributed by atoms with E-state index in [0.29, 0.717) is 32.8 Å². The van der Waals surface area contributed by atoms with Crippen LogP contribution in [0.2, 0.25) is 5.02 Å². The van der Waals surface area contributed by atoms with Crippen molar-refractivity contribution in [1.82, 2.24) is 9.55 Å². The van der Waals surface area contributed by atoms with Gasteiger partial charge in [-0.2, -0.15) is 0 Å². The van der Waals surface area contributed by atoms with E-state index in [1.54, 1.807) is 34.5 Å². The SMILES string of the molecule is CCC(C)c1ccc(-n2c(SCc3ccc(C(C)(C)C)cc3)nc3cc(Cl)ccc3c2=O)cc1. The van der Waals surface area contributed by atoms with E-state index in [4.69, 9.17) is 16.6 Å². The Kier molecular flexibility index (Phi) is 7.20. The van der Waals surface area contributed by atoms with Crippen LogP contribution < -0.4 is 5.56 Å². The van der Waals surface area contributed by atoms with Gasteiger partial charge in [-0.25, -0.2) is 4.98 Å². The summed E-state index contributed by atoms with van der Waals surface area (Å²) >= 11 is 7.78. The zero-order chi connectivity index (χ0) is 24.5. The highest BCUT2D eigenvalue weighted by molar-refractivity contribution is 7.98. The van der Waals surface area contributed by atoms with E-state index in [0.717, 1.165) is 12.1 Å². The summed E-state index contributed by atoms with van der Waals surface area (Å²) in [5.74, 6) is 1.20. The lowest BCUT2D eigenvalue weighted by Gasteiger charge is -2.19. The number of thioether (sulfide) groups is 1. The number of fused-ring (bicyclic) bond motifs is 1. The van der Waals surface area contributed by atoms with Gasteiger partial charge in [-0.3, -0.25) is 9.36 Å². The van der Waals surface area contributed by atoms with Crippen LogP contribution in [-0.4, -0.2) is 9.55 Å². The van der Waals surface area contributed by atoms with Gasteiger partial charge in [-0.1, -0.05) is 94.4 Å². The summed E-state index contributed by atoms with van der Waals surface area (Å²) in [4.78, 5) is 18.4. The van der Waals surface area contributed by atoms with Crippen molar-refractivity contribution in [2.75, 3.05) is 0 Å². The molecule has 1 heterocycles. The number of hydrogen-bond acceptors (Lipinski definition) is 3. The van der Waals surface area contributed by atoms with Crippen LogP contribution in [0.1, 0.15) is 63.6 Å². The predicted molar refractivity (Wildman–Crippen MR) is 146 cm³/mol. The van der Waals surface area contributed by atoms with Crippen LogP contribution >= 0.6 is 23.4 Å². The van der Waals surface area contributed by atoms with E-state index in [9.17, 15) is 4.79 Å². The smallest absolute Gasteiger partial charge is 0.266 e. The number of hydrogen-bond donors (Lipinski definition) is 0. The van der Waals surface area contributed by atoms with Crippen LogP contribution in [0.25, 0.3) is 16.6 Å². The van der Waals surface area contributed by atoms with Crippen LogP contribution in [0.15, 0.2) is 76.7 Å². The van der Waals surface area contributed by atoms with Gasteiger partial charge in [0.2, 0.25) is 0 Å². The third-order valence-electron chi connectivity index (χ3n) is 6.32. The first-order valence-electron chi connectivity index (χ1n) is 11.7. The van der Waals surface area contributed by atoms with Crippen molar-refractivity contribution in [3.63, 3.8) is 0 Å². The third kappa shape index (κ3) is 5.24. The van der Waals surface area contributed by atoms with Crippen LogP contribution in [0.4, 0.5) is 0 Å². The van der Waals surface area contributed by atoms with Gasteiger partial charge in [0, 0.05) is 10.8 Å². The summed E-state index contributed by atoms with van der Waals surface area (Å²) in [5.41, 5.74) is 5.25. The first-order chi connectivity index (χ1) is 16.2.